The third-order valence-electron chi connectivity index (χ3n) is 5.35. The summed E-state index contributed by atoms with van der Waals surface area (Å²) in [6.07, 6.45) is 1.83. The van der Waals surface area contributed by atoms with Crippen LogP contribution >= 0.6 is 23.2 Å². The summed E-state index contributed by atoms with van der Waals surface area (Å²) >= 11 is 12.5. The second-order valence-corrected chi connectivity index (χ2v) is 7.98. The first kappa shape index (κ1) is 21.0. The lowest BCUT2D eigenvalue weighted by molar-refractivity contribution is 0.748. The summed E-state index contributed by atoms with van der Waals surface area (Å²) in [5, 5.41) is 16.2. The number of hydrogen-bond acceptors (Lipinski definition) is 3. The van der Waals surface area contributed by atoms with E-state index in [4.69, 9.17) is 23.2 Å². The molecule has 0 amide bonds. The molecule has 0 saturated heterocycles. The monoisotopic (exact) mass is 446 g/mol. The van der Waals surface area contributed by atoms with Crippen molar-refractivity contribution in [2.24, 2.45) is 5.10 Å². The van der Waals surface area contributed by atoms with Crippen LogP contribution in [-0.2, 0) is 13.1 Å². The van der Waals surface area contributed by atoms with Gasteiger partial charge in [-0.1, -0.05) is 65.7 Å². The van der Waals surface area contributed by atoms with Gasteiger partial charge in [0.1, 0.15) is 0 Å². The summed E-state index contributed by atoms with van der Waals surface area (Å²) in [7, 11) is 0. The van der Waals surface area contributed by atoms with Gasteiger partial charge >= 0.3 is 0 Å². The fraction of sp³-hybridized carbons (Fsp3) is 0.120. The summed E-state index contributed by atoms with van der Waals surface area (Å²) in [5.41, 5.74) is 8.75. The summed E-state index contributed by atoms with van der Waals surface area (Å²) < 4.78 is 2.22. The lowest BCUT2D eigenvalue weighted by Gasteiger charge is -2.10. The number of hydrazone groups is 1. The van der Waals surface area contributed by atoms with Crippen molar-refractivity contribution in [2.75, 3.05) is 0 Å². The van der Waals surface area contributed by atoms with E-state index in [0.29, 0.717) is 28.7 Å². The van der Waals surface area contributed by atoms with E-state index in [9.17, 15) is 5.26 Å². The third kappa shape index (κ3) is 4.29. The maximum atomic E-state index is 9.45. The van der Waals surface area contributed by atoms with E-state index >= 15 is 0 Å². The molecular formula is C25H20Cl2N4. The summed E-state index contributed by atoms with van der Waals surface area (Å²) in [6.45, 7) is 3.12. The van der Waals surface area contributed by atoms with Crippen molar-refractivity contribution < 1.29 is 0 Å². The summed E-state index contributed by atoms with van der Waals surface area (Å²) in [4.78, 5) is 0. The maximum Gasteiger partial charge on any atom is 0.0995 e. The highest BCUT2D eigenvalue weighted by Crippen LogP contribution is 2.27. The first-order valence-electron chi connectivity index (χ1n) is 9.84. The maximum absolute atomic E-state index is 9.45. The van der Waals surface area contributed by atoms with Gasteiger partial charge in [-0.2, -0.15) is 10.4 Å². The van der Waals surface area contributed by atoms with Crippen LogP contribution in [0.15, 0.2) is 71.8 Å². The van der Waals surface area contributed by atoms with Crippen LogP contribution in [0.4, 0.5) is 0 Å². The van der Waals surface area contributed by atoms with E-state index in [1.54, 1.807) is 0 Å². The Morgan fingerprint density at radius 2 is 1.71 bits per heavy atom. The molecular weight excluding hydrogens is 427 g/mol. The molecule has 4 aromatic rings. The van der Waals surface area contributed by atoms with Crippen molar-refractivity contribution in [3.8, 4) is 6.07 Å². The molecule has 4 nitrogen and oxygen atoms in total. The lowest BCUT2D eigenvalue weighted by Crippen LogP contribution is -2.07. The molecule has 6 heteroatoms. The van der Waals surface area contributed by atoms with Crippen LogP contribution in [-0.4, -0.2) is 10.8 Å². The van der Waals surface area contributed by atoms with E-state index < -0.39 is 0 Å². The first-order chi connectivity index (χ1) is 15.1. The molecule has 0 saturated carbocycles. The molecule has 0 aliphatic carbocycles. The average Bonchev–Trinajstić information content (AvgIpc) is 3.04. The van der Waals surface area contributed by atoms with Crippen molar-refractivity contribution in [3.05, 3.63) is 105 Å². The fourth-order valence-corrected chi connectivity index (χ4v) is 4.23. The average molecular weight is 447 g/mol. The zero-order valence-corrected chi connectivity index (χ0v) is 18.5. The number of fused-ring (bicyclic) bond motifs is 1. The van der Waals surface area contributed by atoms with Crippen LogP contribution < -0.4 is 5.43 Å². The molecule has 3 aromatic carbocycles. The van der Waals surface area contributed by atoms with Gasteiger partial charge < -0.3 is 9.99 Å². The van der Waals surface area contributed by atoms with Crippen LogP contribution in [0.25, 0.3) is 10.9 Å². The topological polar surface area (TPSA) is 53.1 Å². The van der Waals surface area contributed by atoms with Gasteiger partial charge in [0.25, 0.3) is 0 Å². The molecule has 1 N–H and O–H groups in total. The van der Waals surface area contributed by atoms with Gasteiger partial charge in [0.05, 0.1) is 24.4 Å². The number of aromatic nitrogens is 1. The number of benzene rings is 3. The Kier molecular flexibility index (Phi) is 6.27. The van der Waals surface area contributed by atoms with Crippen molar-refractivity contribution in [1.82, 2.24) is 9.99 Å². The van der Waals surface area contributed by atoms with Crippen LogP contribution in [0.1, 0.15) is 27.9 Å². The lowest BCUT2D eigenvalue weighted by atomic mass is 10.1. The van der Waals surface area contributed by atoms with Crippen LogP contribution in [0, 0.1) is 18.3 Å². The van der Waals surface area contributed by atoms with Gasteiger partial charge in [-0.05, 0) is 36.8 Å². The Balaban J connectivity index is 1.64. The zero-order valence-electron chi connectivity index (χ0n) is 16.9. The molecule has 0 spiro atoms. The number of nitrogens with one attached hydrogen (secondary N) is 1. The van der Waals surface area contributed by atoms with Crippen molar-refractivity contribution in [3.63, 3.8) is 0 Å². The third-order valence-corrected chi connectivity index (χ3v) is 6.06. The Morgan fingerprint density at radius 3 is 2.48 bits per heavy atom. The molecule has 1 heterocycles. The van der Waals surface area contributed by atoms with Crippen molar-refractivity contribution >= 4 is 40.3 Å². The highest BCUT2D eigenvalue weighted by Gasteiger charge is 2.14. The van der Waals surface area contributed by atoms with Crippen LogP contribution in [0.2, 0.25) is 10.0 Å². The molecule has 1 aromatic heterocycles. The molecule has 0 atom stereocenters. The quantitative estimate of drug-likeness (QED) is 0.279. The van der Waals surface area contributed by atoms with Gasteiger partial charge in [-0.25, -0.2) is 0 Å². The Labute approximate surface area is 191 Å². The smallest absolute Gasteiger partial charge is 0.0995 e. The fourth-order valence-electron chi connectivity index (χ4n) is 3.70. The van der Waals surface area contributed by atoms with Gasteiger partial charge in [0, 0.05) is 44.3 Å². The van der Waals surface area contributed by atoms with Gasteiger partial charge in [-0.15, -0.1) is 0 Å². The second kappa shape index (κ2) is 9.26. The standard InChI is InChI=1S/C25H20Cl2N4/c1-17-21(14-29-30-15-22-23(26)10-6-11-24(22)27)20-9-4-5-12-25(20)31(17)16-19-8-3-2-7-18(19)13-28/h2-12,14,30H,15-16H2,1H3/b29-14-. The molecule has 4 rings (SSSR count). The Morgan fingerprint density at radius 1 is 1.00 bits per heavy atom. The number of nitriles is 1. The highest BCUT2D eigenvalue weighted by molar-refractivity contribution is 6.35. The molecule has 0 fully saturated rings. The van der Waals surface area contributed by atoms with Crippen molar-refractivity contribution in [1.29, 1.82) is 5.26 Å². The molecule has 0 aliphatic rings. The number of hydrogen-bond donors (Lipinski definition) is 1. The normalized spacial score (nSPS) is 11.2. The molecule has 0 aliphatic heterocycles. The second-order valence-electron chi connectivity index (χ2n) is 7.16. The van der Waals surface area contributed by atoms with E-state index in [1.165, 1.54) is 0 Å². The highest BCUT2D eigenvalue weighted by atomic mass is 35.5. The largest absolute Gasteiger partial charge is 0.340 e. The molecule has 0 unspecified atom stereocenters. The number of nitrogens with zero attached hydrogens (tertiary/aromatic N) is 3. The summed E-state index contributed by atoms with van der Waals surface area (Å²) in [5.74, 6) is 0. The van der Waals surface area contributed by atoms with Gasteiger partial charge in [0.2, 0.25) is 0 Å². The predicted octanol–water partition coefficient (Wildman–Crippen LogP) is 6.30. The van der Waals surface area contributed by atoms with Crippen LogP contribution in [0.3, 0.4) is 0 Å². The van der Waals surface area contributed by atoms with Gasteiger partial charge in [-0.3, -0.25) is 0 Å². The number of para-hydroxylation sites is 1. The van der Waals surface area contributed by atoms with Crippen LogP contribution in [0.5, 0.6) is 0 Å². The van der Waals surface area contributed by atoms with Gasteiger partial charge in [0.15, 0.2) is 0 Å². The molecule has 0 radical (unpaired) electrons. The minimum Gasteiger partial charge on any atom is -0.340 e. The van der Waals surface area contributed by atoms with Crippen molar-refractivity contribution in [2.45, 2.75) is 20.0 Å². The first-order valence-corrected chi connectivity index (χ1v) is 10.6. The Hall–Kier alpha value is -3.26. The minimum absolute atomic E-state index is 0.433. The molecule has 0 bridgehead atoms. The van der Waals surface area contributed by atoms with E-state index in [0.717, 1.165) is 33.3 Å². The number of rotatable bonds is 6. The van der Waals surface area contributed by atoms with E-state index in [1.807, 2.05) is 60.8 Å². The number of halogens is 2. The Bertz CT molecular complexity index is 1290. The zero-order chi connectivity index (χ0) is 21.8. The van der Waals surface area contributed by atoms with E-state index in [2.05, 4.69) is 40.2 Å². The molecule has 31 heavy (non-hydrogen) atoms. The molecule has 154 valence electrons. The summed E-state index contributed by atoms with van der Waals surface area (Å²) in [6, 6.07) is 23.6. The SMILES string of the molecule is Cc1c(/C=N\NCc2c(Cl)cccc2Cl)c2ccccc2n1Cc1ccccc1C#N. The minimum atomic E-state index is 0.433. The van der Waals surface area contributed by atoms with E-state index in [-0.39, 0.29) is 0 Å². The predicted molar refractivity (Wildman–Crippen MR) is 128 cm³/mol.